The quantitative estimate of drug-likeness (QED) is 0.932. The number of hydrogen-bond acceptors (Lipinski definition) is 3. The van der Waals surface area contributed by atoms with Gasteiger partial charge in [-0.3, -0.25) is 0 Å². The van der Waals surface area contributed by atoms with Gasteiger partial charge in [-0.25, -0.2) is 0 Å². The SMILES string of the molecule is CC1CCCC(C(N)c2cnn(-c3ccccc3)n2)C1. The molecule has 0 radical (unpaired) electrons. The standard InChI is InChI=1S/C16H22N4/c1-12-6-5-7-13(10-12)16(17)15-11-18-20(19-15)14-8-3-2-4-9-14/h2-4,8-9,11-13,16H,5-7,10,17H2,1H3. The van der Waals surface area contributed by atoms with E-state index < -0.39 is 0 Å². The Morgan fingerprint density at radius 1 is 1.25 bits per heavy atom. The normalized spacial score (nSPS) is 24.5. The summed E-state index contributed by atoms with van der Waals surface area (Å²) in [6.07, 6.45) is 6.85. The van der Waals surface area contributed by atoms with E-state index in [9.17, 15) is 0 Å². The fraction of sp³-hybridized carbons (Fsp3) is 0.500. The molecule has 0 aliphatic heterocycles. The van der Waals surface area contributed by atoms with Crippen molar-refractivity contribution >= 4 is 0 Å². The maximum atomic E-state index is 6.41. The molecule has 1 heterocycles. The number of nitrogens with two attached hydrogens (primary N) is 1. The van der Waals surface area contributed by atoms with Crippen LogP contribution in [0.2, 0.25) is 0 Å². The molecule has 4 heteroatoms. The molecule has 1 saturated carbocycles. The third-order valence-corrected chi connectivity index (χ3v) is 4.32. The van der Waals surface area contributed by atoms with Crippen molar-refractivity contribution in [3.05, 3.63) is 42.2 Å². The Hall–Kier alpha value is -1.68. The second-order valence-electron chi connectivity index (χ2n) is 5.95. The van der Waals surface area contributed by atoms with Crippen LogP contribution in [0.15, 0.2) is 36.5 Å². The molecular weight excluding hydrogens is 248 g/mol. The fourth-order valence-electron chi connectivity index (χ4n) is 3.16. The zero-order chi connectivity index (χ0) is 13.9. The Morgan fingerprint density at radius 2 is 2.05 bits per heavy atom. The zero-order valence-corrected chi connectivity index (χ0v) is 11.9. The lowest BCUT2D eigenvalue weighted by molar-refractivity contribution is 0.245. The van der Waals surface area contributed by atoms with Crippen LogP contribution in [-0.2, 0) is 0 Å². The summed E-state index contributed by atoms with van der Waals surface area (Å²) in [4.78, 5) is 1.67. The first-order chi connectivity index (χ1) is 9.74. The molecule has 3 unspecified atom stereocenters. The van der Waals surface area contributed by atoms with Crippen LogP contribution in [0, 0.1) is 11.8 Å². The number of rotatable bonds is 3. The predicted molar refractivity (Wildman–Crippen MR) is 79.4 cm³/mol. The minimum atomic E-state index is 0.00946. The van der Waals surface area contributed by atoms with Crippen LogP contribution < -0.4 is 5.73 Å². The van der Waals surface area contributed by atoms with Gasteiger partial charge in [0.15, 0.2) is 0 Å². The van der Waals surface area contributed by atoms with Crippen LogP contribution in [0.3, 0.4) is 0 Å². The number of aromatic nitrogens is 3. The van der Waals surface area contributed by atoms with Crippen molar-refractivity contribution in [2.75, 3.05) is 0 Å². The van der Waals surface area contributed by atoms with E-state index in [1.165, 1.54) is 25.7 Å². The van der Waals surface area contributed by atoms with Gasteiger partial charge >= 0.3 is 0 Å². The average molecular weight is 270 g/mol. The number of nitrogens with zero attached hydrogens (tertiary/aromatic N) is 3. The third-order valence-electron chi connectivity index (χ3n) is 4.32. The Bertz CT molecular complexity index is 549. The molecule has 2 aromatic rings. The molecule has 0 saturated heterocycles. The molecule has 1 aliphatic carbocycles. The Kier molecular flexibility index (Phi) is 3.83. The number of hydrogen-bond donors (Lipinski definition) is 1. The highest BCUT2D eigenvalue weighted by atomic mass is 15.5. The van der Waals surface area contributed by atoms with E-state index in [1.807, 2.05) is 36.5 Å². The van der Waals surface area contributed by atoms with Crippen molar-refractivity contribution in [1.29, 1.82) is 0 Å². The first-order valence-electron chi connectivity index (χ1n) is 7.47. The molecule has 1 aromatic carbocycles. The van der Waals surface area contributed by atoms with Crippen molar-refractivity contribution in [2.45, 2.75) is 38.6 Å². The van der Waals surface area contributed by atoms with E-state index in [1.54, 1.807) is 4.80 Å². The van der Waals surface area contributed by atoms with Gasteiger partial charge in [-0.1, -0.05) is 38.0 Å². The summed E-state index contributed by atoms with van der Waals surface area (Å²) in [5.41, 5.74) is 8.29. The first-order valence-corrected chi connectivity index (χ1v) is 7.47. The van der Waals surface area contributed by atoms with E-state index in [0.717, 1.165) is 17.3 Å². The van der Waals surface area contributed by atoms with E-state index in [0.29, 0.717) is 5.92 Å². The summed E-state index contributed by atoms with van der Waals surface area (Å²) in [7, 11) is 0. The Labute approximate surface area is 120 Å². The molecule has 1 aliphatic rings. The lowest BCUT2D eigenvalue weighted by atomic mass is 9.78. The molecule has 3 rings (SSSR count). The Morgan fingerprint density at radius 3 is 2.80 bits per heavy atom. The average Bonchev–Trinajstić information content (AvgIpc) is 2.97. The monoisotopic (exact) mass is 270 g/mol. The molecular formula is C16H22N4. The second-order valence-corrected chi connectivity index (χ2v) is 5.95. The van der Waals surface area contributed by atoms with Gasteiger partial charge in [-0.05, 0) is 36.8 Å². The molecule has 4 nitrogen and oxygen atoms in total. The summed E-state index contributed by atoms with van der Waals surface area (Å²) in [6.45, 7) is 2.32. The van der Waals surface area contributed by atoms with Crippen LogP contribution in [-0.4, -0.2) is 15.0 Å². The zero-order valence-electron chi connectivity index (χ0n) is 11.9. The summed E-state index contributed by atoms with van der Waals surface area (Å²) < 4.78 is 0. The molecule has 3 atom stereocenters. The van der Waals surface area contributed by atoms with Crippen LogP contribution in [0.4, 0.5) is 0 Å². The van der Waals surface area contributed by atoms with Gasteiger partial charge in [-0.15, -0.1) is 0 Å². The van der Waals surface area contributed by atoms with Gasteiger partial charge in [0.2, 0.25) is 0 Å². The van der Waals surface area contributed by atoms with Gasteiger partial charge in [-0.2, -0.15) is 15.0 Å². The topological polar surface area (TPSA) is 56.7 Å². The first kappa shape index (κ1) is 13.3. The van der Waals surface area contributed by atoms with Crippen molar-refractivity contribution in [3.63, 3.8) is 0 Å². The number of benzene rings is 1. The van der Waals surface area contributed by atoms with E-state index in [2.05, 4.69) is 17.1 Å². The van der Waals surface area contributed by atoms with Crippen molar-refractivity contribution in [3.8, 4) is 5.69 Å². The van der Waals surface area contributed by atoms with Crippen molar-refractivity contribution < 1.29 is 0 Å². The minimum absolute atomic E-state index is 0.00946. The second kappa shape index (κ2) is 5.75. The molecule has 0 bridgehead atoms. The molecule has 106 valence electrons. The lowest BCUT2D eigenvalue weighted by Crippen LogP contribution is -2.26. The third kappa shape index (κ3) is 2.75. The van der Waals surface area contributed by atoms with Crippen LogP contribution in [0.25, 0.3) is 5.69 Å². The van der Waals surface area contributed by atoms with Crippen molar-refractivity contribution in [1.82, 2.24) is 15.0 Å². The van der Waals surface area contributed by atoms with Gasteiger partial charge in [0.05, 0.1) is 17.9 Å². The highest BCUT2D eigenvalue weighted by molar-refractivity contribution is 5.28. The summed E-state index contributed by atoms with van der Waals surface area (Å²) in [6, 6.07) is 9.97. The van der Waals surface area contributed by atoms with Gasteiger partial charge in [0.25, 0.3) is 0 Å². The van der Waals surface area contributed by atoms with E-state index in [-0.39, 0.29) is 6.04 Å². The summed E-state index contributed by atoms with van der Waals surface area (Å²) in [5.74, 6) is 1.32. The molecule has 1 aromatic heterocycles. The fourth-order valence-corrected chi connectivity index (χ4v) is 3.16. The molecule has 1 fully saturated rings. The highest BCUT2D eigenvalue weighted by Gasteiger charge is 2.27. The maximum absolute atomic E-state index is 6.41. The molecule has 20 heavy (non-hydrogen) atoms. The number of para-hydroxylation sites is 1. The molecule has 0 spiro atoms. The summed E-state index contributed by atoms with van der Waals surface area (Å²) in [5, 5.41) is 8.91. The molecule has 0 amide bonds. The predicted octanol–water partition coefficient (Wildman–Crippen LogP) is 3.09. The van der Waals surface area contributed by atoms with Crippen LogP contribution >= 0.6 is 0 Å². The highest BCUT2D eigenvalue weighted by Crippen LogP contribution is 2.35. The van der Waals surface area contributed by atoms with E-state index >= 15 is 0 Å². The largest absolute Gasteiger partial charge is 0.322 e. The smallest absolute Gasteiger partial charge is 0.100 e. The van der Waals surface area contributed by atoms with E-state index in [4.69, 9.17) is 5.73 Å². The maximum Gasteiger partial charge on any atom is 0.100 e. The lowest BCUT2D eigenvalue weighted by Gasteiger charge is -2.30. The Balaban J connectivity index is 1.76. The summed E-state index contributed by atoms with van der Waals surface area (Å²) >= 11 is 0. The molecule has 2 N–H and O–H groups in total. The minimum Gasteiger partial charge on any atom is -0.322 e. The van der Waals surface area contributed by atoms with Gasteiger partial charge in [0.1, 0.15) is 5.69 Å². The van der Waals surface area contributed by atoms with Crippen molar-refractivity contribution in [2.24, 2.45) is 17.6 Å². The van der Waals surface area contributed by atoms with Crippen LogP contribution in [0.5, 0.6) is 0 Å². The van der Waals surface area contributed by atoms with Gasteiger partial charge < -0.3 is 5.73 Å². The van der Waals surface area contributed by atoms with Gasteiger partial charge in [0, 0.05) is 0 Å². The van der Waals surface area contributed by atoms with Crippen LogP contribution in [0.1, 0.15) is 44.3 Å².